The van der Waals surface area contributed by atoms with Crippen LogP contribution in [-0.4, -0.2) is 24.2 Å². The molecule has 18 heavy (non-hydrogen) atoms. The maximum atomic E-state index is 13.6. The van der Waals surface area contributed by atoms with Crippen LogP contribution in [0.25, 0.3) is 0 Å². The maximum Gasteiger partial charge on any atom is 0.275 e. The monoisotopic (exact) mass is 258 g/mol. The third-order valence-corrected chi connectivity index (χ3v) is 2.75. The van der Waals surface area contributed by atoms with Crippen LogP contribution in [0, 0.1) is 21.7 Å². The first-order valence-corrected chi connectivity index (χ1v) is 5.55. The van der Waals surface area contributed by atoms with E-state index in [9.17, 15) is 18.9 Å². The molecule has 0 radical (unpaired) electrons. The lowest BCUT2D eigenvalue weighted by Crippen LogP contribution is -2.30. The van der Waals surface area contributed by atoms with E-state index in [-0.39, 0.29) is 11.7 Å². The summed E-state index contributed by atoms with van der Waals surface area (Å²) in [5, 5.41) is 13.1. The van der Waals surface area contributed by atoms with E-state index in [0.29, 0.717) is 25.3 Å². The van der Waals surface area contributed by atoms with Gasteiger partial charge in [-0.25, -0.2) is 8.78 Å². The molecule has 1 saturated heterocycles. The molecule has 0 aromatic heterocycles. The standard InChI is InChI=1S/C11H12F2N2O3/c12-9-4-8(15(16)17)5-10(13)11(9)14-7-2-1-3-18-6-7/h4-5,7,14H,1-3,6H2. The Kier molecular flexibility index (Phi) is 3.71. The molecule has 98 valence electrons. The van der Waals surface area contributed by atoms with E-state index in [1.54, 1.807) is 0 Å². The molecular formula is C11H12F2N2O3. The summed E-state index contributed by atoms with van der Waals surface area (Å²) in [6, 6.07) is 1.23. The van der Waals surface area contributed by atoms with Gasteiger partial charge in [0.25, 0.3) is 5.69 Å². The van der Waals surface area contributed by atoms with Crippen LogP contribution in [0.2, 0.25) is 0 Å². The van der Waals surface area contributed by atoms with Gasteiger partial charge in [0.2, 0.25) is 0 Å². The fourth-order valence-electron chi connectivity index (χ4n) is 1.86. The number of hydrogen-bond donors (Lipinski definition) is 1. The zero-order valence-corrected chi connectivity index (χ0v) is 9.49. The number of nitro groups is 1. The van der Waals surface area contributed by atoms with Gasteiger partial charge >= 0.3 is 0 Å². The van der Waals surface area contributed by atoms with Crippen LogP contribution < -0.4 is 5.32 Å². The molecule has 1 atom stereocenters. The summed E-state index contributed by atoms with van der Waals surface area (Å²) in [5.74, 6) is -1.93. The van der Waals surface area contributed by atoms with Gasteiger partial charge in [-0.2, -0.15) is 0 Å². The molecule has 1 aliphatic heterocycles. The minimum atomic E-state index is -0.965. The molecule has 0 saturated carbocycles. The first-order valence-electron chi connectivity index (χ1n) is 5.55. The molecule has 1 unspecified atom stereocenters. The van der Waals surface area contributed by atoms with Gasteiger partial charge in [0.15, 0.2) is 11.6 Å². The van der Waals surface area contributed by atoms with Gasteiger partial charge in [0, 0.05) is 12.6 Å². The fraction of sp³-hybridized carbons (Fsp3) is 0.455. The molecule has 1 aromatic carbocycles. The lowest BCUT2D eigenvalue weighted by molar-refractivity contribution is -0.385. The van der Waals surface area contributed by atoms with Crippen molar-refractivity contribution in [2.45, 2.75) is 18.9 Å². The number of benzene rings is 1. The number of nitrogens with one attached hydrogen (secondary N) is 1. The number of nitrogens with zero attached hydrogens (tertiary/aromatic N) is 1. The normalized spacial score (nSPS) is 19.6. The van der Waals surface area contributed by atoms with Crippen LogP contribution in [0.3, 0.4) is 0 Å². The maximum absolute atomic E-state index is 13.6. The van der Waals surface area contributed by atoms with Gasteiger partial charge in [-0.05, 0) is 12.8 Å². The second-order valence-corrected chi connectivity index (χ2v) is 4.10. The molecule has 0 spiro atoms. The number of nitro benzene ring substituents is 1. The fourth-order valence-corrected chi connectivity index (χ4v) is 1.86. The molecule has 0 aliphatic carbocycles. The van der Waals surface area contributed by atoms with E-state index in [0.717, 1.165) is 12.8 Å². The van der Waals surface area contributed by atoms with Crippen molar-refractivity contribution in [3.63, 3.8) is 0 Å². The zero-order valence-electron chi connectivity index (χ0n) is 9.49. The molecule has 2 rings (SSSR count). The van der Waals surface area contributed by atoms with Crippen LogP contribution in [0.1, 0.15) is 12.8 Å². The highest BCUT2D eigenvalue weighted by molar-refractivity contribution is 5.52. The van der Waals surface area contributed by atoms with Gasteiger partial charge in [-0.3, -0.25) is 10.1 Å². The van der Waals surface area contributed by atoms with E-state index < -0.39 is 22.2 Å². The Labute approximate surface area is 102 Å². The molecule has 1 N–H and O–H groups in total. The average Bonchev–Trinajstić information content (AvgIpc) is 2.34. The highest BCUT2D eigenvalue weighted by Crippen LogP contribution is 2.26. The van der Waals surface area contributed by atoms with Crippen molar-refractivity contribution in [1.29, 1.82) is 0 Å². The smallest absolute Gasteiger partial charge is 0.275 e. The number of ether oxygens (including phenoxy) is 1. The van der Waals surface area contributed by atoms with Gasteiger partial charge in [-0.1, -0.05) is 0 Å². The van der Waals surface area contributed by atoms with Crippen LogP contribution in [0.5, 0.6) is 0 Å². The van der Waals surface area contributed by atoms with Crippen molar-refractivity contribution in [3.05, 3.63) is 33.9 Å². The summed E-state index contributed by atoms with van der Waals surface area (Å²) in [4.78, 5) is 9.60. The number of hydrogen-bond acceptors (Lipinski definition) is 4. The van der Waals surface area contributed by atoms with Gasteiger partial charge in [-0.15, -0.1) is 0 Å². The first-order chi connectivity index (χ1) is 8.58. The first kappa shape index (κ1) is 12.7. The number of halogens is 2. The van der Waals surface area contributed by atoms with Crippen molar-refractivity contribution in [2.24, 2.45) is 0 Å². The lowest BCUT2D eigenvalue weighted by atomic mass is 10.1. The topological polar surface area (TPSA) is 64.4 Å². The highest BCUT2D eigenvalue weighted by Gasteiger charge is 2.21. The molecule has 5 nitrogen and oxygen atoms in total. The third-order valence-electron chi connectivity index (χ3n) is 2.75. The summed E-state index contributed by atoms with van der Waals surface area (Å²) >= 11 is 0. The molecule has 1 aromatic rings. The SMILES string of the molecule is O=[N+]([O-])c1cc(F)c(NC2CCCOC2)c(F)c1. The predicted molar refractivity (Wildman–Crippen MR) is 60.5 cm³/mol. The Bertz CT molecular complexity index is 439. The summed E-state index contributed by atoms with van der Waals surface area (Å²) in [6.45, 7) is 1.01. The van der Waals surface area contributed by atoms with E-state index in [2.05, 4.69) is 5.32 Å². The summed E-state index contributed by atoms with van der Waals surface area (Å²) in [6.07, 6.45) is 1.56. The van der Waals surface area contributed by atoms with E-state index in [1.807, 2.05) is 0 Å². The minimum absolute atomic E-state index is 0.177. The zero-order chi connectivity index (χ0) is 13.1. The predicted octanol–water partition coefficient (Wildman–Crippen LogP) is 2.46. The minimum Gasteiger partial charge on any atom is -0.379 e. The number of rotatable bonds is 3. The van der Waals surface area contributed by atoms with E-state index in [4.69, 9.17) is 4.74 Å². The molecule has 1 fully saturated rings. The Morgan fingerprint density at radius 3 is 2.56 bits per heavy atom. The summed E-state index contributed by atoms with van der Waals surface area (Å²) < 4.78 is 32.3. The quantitative estimate of drug-likeness (QED) is 0.668. The molecular weight excluding hydrogens is 246 g/mol. The van der Waals surface area contributed by atoms with Crippen molar-refractivity contribution in [3.8, 4) is 0 Å². The lowest BCUT2D eigenvalue weighted by Gasteiger charge is -2.24. The van der Waals surface area contributed by atoms with Gasteiger partial charge in [0.1, 0.15) is 5.69 Å². The summed E-state index contributed by atoms with van der Waals surface area (Å²) in [7, 11) is 0. The van der Waals surface area contributed by atoms with Crippen LogP contribution in [0.15, 0.2) is 12.1 Å². The Hall–Kier alpha value is -1.76. The molecule has 0 amide bonds. The van der Waals surface area contributed by atoms with Crippen molar-refractivity contribution in [2.75, 3.05) is 18.5 Å². The molecule has 1 aliphatic rings. The Balaban J connectivity index is 2.19. The Morgan fingerprint density at radius 2 is 2.06 bits per heavy atom. The second-order valence-electron chi connectivity index (χ2n) is 4.10. The number of anilines is 1. The van der Waals surface area contributed by atoms with Crippen LogP contribution in [-0.2, 0) is 4.74 Å². The number of non-ortho nitro benzene ring substituents is 1. The van der Waals surface area contributed by atoms with Crippen molar-refractivity contribution >= 4 is 11.4 Å². The largest absolute Gasteiger partial charge is 0.379 e. The molecule has 7 heteroatoms. The van der Waals surface area contributed by atoms with E-state index in [1.165, 1.54) is 0 Å². The second kappa shape index (κ2) is 5.26. The summed E-state index contributed by atoms with van der Waals surface area (Å²) in [5.41, 5.74) is -0.938. The van der Waals surface area contributed by atoms with Gasteiger partial charge < -0.3 is 10.1 Å². The molecule has 0 bridgehead atoms. The highest BCUT2D eigenvalue weighted by atomic mass is 19.1. The van der Waals surface area contributed by atoms with Crippen LogP contribution >= 0.6 is 0 Å². The van der Waals surface area contributed by atoms with E-state index >= 15 is 0 Å². The Morgan fingerprint density at radius 1 is 1.39 bits per heavy atom. The van der Waals surface area contributed by atoms with Crippen molar-refractivity contribution < 1.29 is 18.4 Å². The van der Waals surface area contributed by atoms with Crippen LogP contribution in [0.4, 0.5) is 20.2 Å². The average molecular weight is 258 g/mol. The van der Waals surface area contributed by atoms with Gasteiger partial charge in [0.05, 0.1) is 23.7 Å². The molecule has 1 heterocycles. The van der Waals surface area contributed by atoms with Crippen molar-refractivity contribution in [1.82, 2.24) is 0 Å². The third kappa shape index (κ3) is 2.73.